The molecule has 6 heteroatoms. The van der Waals surface area contributed by atoms with Crippen molar-refractivity contribution < 1.29 is 24.2 Å². The molecule has 0 radical (unpaired) electrons. The molecule has 1 saturated carbocycles. The summed E-state index contributed by atoms with van der Waals surface area (Å²) >= 11 is 0. The molecular weight excluding hydrogens is 358 g/mol. The second-order valence-electron chi connectivity index (χ2n) is 7.50. The van der Waals surface area contributed by atoms with Gasteiger partial charge < -0.3 is 14.6 Å². The third-order valence-electron chi connectivity index (χ3n) is 5.28. The molecule has 2 heterocycles. The number of allylic oxidation sites excluding steroid dienone is 2. The standard InChI is InChI=1S/C22H27NO5/c1-15-7-3-2-4-8-16-13-17(24)14-18(16)20(10-11-21(25)27-15)28-22(26)19-9-5-6-12-23-19/h4-6,8-12,15-18,20,24H,2-3,7,13-14H2,1H3/b8-4+,11-10?/t15-,16+,17-,18+,20+/m0/s1. The molecule has 1 fully saturated rings. The molecule has 1 aromatic heterocycles. The van der Waals surface area contributed by atoms with Crippen LogP contribution in [0.3, 0.4) is 0 Å². The van der Waals surface area contributed by atoms with Crippen LogP contribution in [0.25, 0.3) is 0 Å². The van der Waals surface area contributed by atoms with Gasteiger partial charge in [0.25, 0.3) is 0 Å². The van der Waals surface area contributed by atoms with E-state index < -0.39 is 24.1 Å². The van der Waals surface area contributed by atoms with E-state index in [-0.39, 0.29) is 23.6 Å². The first-order valence-corrected chi connectivity index (χ1v) is 9.88. The van der Waals surface area contributed by atoms with Crippen LogP contribution in [-0.2, 0) is 14.3 Å². The number of rotatable bonds is 2. The van der Waals surface area contributed by atoms with E-state index in [1.807, 2.05) is 6.92 Å². The summed E-state index contributed by atoms with van der Waals surface area (Å²) in [4.78, 5) is 28.7. The largest absolute Gasteiger partial charge is 0.460 e. The fourth-order valence-electron chi connectivity index (χ4n) is 3.87. The van der Waals surface area contributed by atoms with E-state index in [1.165, 1.54) is 12.3 Å². The summed E-state index contributed by atoms with van der Waals surface area (Å²) in [7, 11) is 0. The molecule has 6 nitrogen and oxygen atoms in total. The highest BCUT2D eigenvalue weighted by atomic mass is 16.5. The molecule has 2 aliphatic rings. The van der Waals surface area contributed by atoms with Crippen LogP contribution in [0.5, 0.6) is 0 Å². The number of nitrogens with zero attached hydrogens (tertiary/aromatic N) is 1. The van der Waals surface area contributed by atoms with E-state index in [9.17, 15) is 14.7 Å². The van der Waals surface area contributed by atoms with Crippen LogP contribution in [-0.4, -0.2) is 40.3 Å². The van der Waals surface area contributed by atoms with Gasteiger partial charge in [-0.3, -0.25) is 0 Å². The molecule has 0 bridgehead atoms. The molecule has 0 spiro atoms. The Morgan fingerprint density at radius 2 is 2.14 bits per heavy atom. The minimum absolute atomic E-state index is 0.0791. The van der Waals surface area contributed by atoms with Crippen molar-refractivity contribution in [2.75, 3.05) is 0 Å². The summed E-state index contributed by atoms with van der Waals surface area (Å²) in [6, 6.07) is 5.02. The van der Waals surface area contributed by atoms with Crippen molar-refractivity contribution >= 4 is 11.9 Å². The third-order valence-corrected chi connectivity index (χ3v) is 5.28. The average Bonchev–Trinajstić information content (AvgIpc) is 3.05. The quantitative estimate of drug-likeness (QED) is 0.621. The zero-order valence-electron chi connectivity index (χ0n) is 16.1. The maximum atomic E-state index is 12.5. The number of fused-ring (bicyclic) bond motifs is 1. The fraction of sp³-hybridized carbons (Fsp3) is 0.500. The predicted molar refractivity (Wildman–Crippen MR) is 103 cm³/mol. The number of hydrogen-bond acceptors (Lipinski definition) is 6. The lowest BCUT2D eigenvalue weighted by molar-refractivity contribution is -0.142. The monoisotopic (exact) mass is 385 g/mol. The van der Waals surface area contributed by atoms with Crippen molar-refractivity contribution in [3.05, 3.63) is 54.4 Å². The Kier molecular flexibility index (Phi) is 6.98. The predicted octanol–water partition coefficient (Wildman–Crippen LogP) is 3.22. The van der Waals surface area contributed by atoms with Crippen molar-refractivity contribution in [2.45, 2.75) is 57.3 Å². The van der Waals surface area contributed by atoms with E-state index >= 15 is 0 Å². The normalized spacial score (nSPS) is 32.2. The minimum Gasteiger partial charge on any atom is -0.460 e. The molecule has 0 aromatic carbocycles. The highest BCUT2D eigenvalue weighted by Crippen LogP contribution is 2.37. The first-order chi connectivity index (χ1) is 13.5. The van der Waals surface area contributed by atoms with E-state index in [1.54, 1.807) is 24.3 Å². The lowest BCUT2D eigenvalue weighted by Crippen LogP contribution is -2.28. The number of aliphatic hydroxyl groups is 1. The Morgan fingerprint density at radius 3 is 2.93 bits per heavy atom. The van der Waals surface area contributed by atoms with Gasteiger partial charge in [-0.2, -0.15) is 0 Å². The number of carbonyl (C=O) groups is 2. The fourth-order valence-corrected chi connectivity index (χ4v) is 3.87. The second kappa shape index (κ2) is 9.64. The number of ether oxygens (including phenoxy) is 2. The van der Waals surface area contributed by atoms with Gasteiger partial charge in [-0.15, -0.1) is 0 Å². The Balaban J connectivity index is 1.84. The Bertz CT molecular complexity index is 730. The lowest BCUT2D eigenvalue weighted by Gasteiger charge is -2.24. The number of pyridine rings is 1. The summed E-state index contributed by atoms with van der Waals surface area (Å²) < 4.78 is 11.1. The molecule has 1 aliphatic heterocycles. The lowest BCUT2D eigenvalue weighted by atomic mass is 9.89. The van der Waals surface area contributed by atoms with E-state index in [4.69, 9.17) is 9.47 Å². The van der Waals surface area contributed by atoms with Crippen molar-refractivity contribution in [1.82, 2.24) is 4.98 Å². The van der Waals surface area contributed by atoms with Gasteiger partial charge in [-0.1, -0.05) is 18.2 Å². The van der Waals surface area contributed by atoms with Gasteiger partial charge in [0.2, 0.25) is 0 Å². The molecule has 5 atom stereocenters. The third kappa shape index (κ3) is 5.52. The minimum atomic E-state index is -0.648. The molecule has 0 unspecified atom stereocenters. The van der Waals surface area contributed by atoms with Gasteiger partial charge in [0, 0.05) is 18.2 Å². The van der Waals surface area contributed by atoms with Crippen LogP contribution in [0.4, 0.5) is 0 Å². The molecule has 1 aliphatic carbocycles. The molecule has 28 heavy (non-hydrogen) atoms. The number of carbonyl (C=O) groups excluding carboxylic acids is 2. The summed E-state index contributed by atoms with van der Waals surface area (Å²) in [6.07, 6.45) is 11.1. The number of esters is 2. The summed E-state index contributed by atoms with van der Waals surface area (Å²) in [5.41, 5.74) is 0.209. The first kappa shape index (κ1) is 20.3. The first-order valence-electron chi connectivity index (χ1n) is 9.88. The van der Waals surface area contributed by atoms with Gasteiger partial charge in [0.1, 0.15) is 11.8 Å². The van der Waals surface area contributed by atoms with Crippen molar-refractivity contribution in [2.24, 2.45) is 11.8 Å². The van der Waals surface area contributed by atoms with Gasteiger partial charge in [-0.05, 0) is 63.2 Å². The molecule has 0 amide bonds. The van der Waals surface area contributed by atoms with Crippen LogP contribution in [0.2, 0.25) is 0 Å². The summed E-state index contributed by atoms with van der Waals surface area (Å²) in [5, 5.41) is 10.2. The topological polar surface area (TPSA) is 85.7 Å². The van der Waals surface area contributed by atoms with Crippen LogP contribution in [0.15, 0.2) is 48.7 Å². The van der Waals surface area contributed by atoms with Crippen molar-refractivity contribution in [3.63, 3.8) is 0 Å². The SMILES string of the molecule is C[C@H]1CCC/C=C/[C@@H]2C[C@H](O)C[C@H]2[C@H](OC(=O)c2ccccn2)C=CC(=O)O1. The second-order valence-corrected chi connectivity index (χ2v) is 7.50. The van der Waals surface area contributed by atoms with Crippen LogP contribution >= 0.6 is 0 Å². The van der Waals surface area contributed by atoms with Gasteiger partial charge in [0.05, 0.1) is 12.2 Å². The van der Waals surface area contributed by atoms with E-state index in [0.717, 1.165) is 19.3 Å². The van der Waals surface area contributed by atoms with Crippen LogP contribution < -0.4 is 0 Å². The van der Waals surface area contributed by atoms with Crippen molar-refractivity contribution in [1.29, 1.82) is 0 Å². The average molecular weight is 385 g/mol. The highest BCUT2D eigenvalue weighted by molar-refractivity contribution is 5.87. The zero-order valence-corrected chi connectivity index (χ0v) is 16.1. The van der Waals surface area contributed by atoms with Crippen LogP contribution in [0, 0.1) is 11.8 Å². The van der Waals surface area contributed by atoms with Gasteiger partial charge >= 0.3 is 11.9 Å². The molecule has 0 saturated heterocycles. The molecule has 3 rings (SSSR count). The number of cyclic esters (lactones) is 1. The Hall–Kier alpha value is -2.47. The highest BCUT2D eigenvalue weighted by Gasteiger charge is 2.38. The molecule has 150 valence electrons. The van der Waals surface area contributed by atoms with E-state index in [0.29, 0.717) is 12.8 Å². The maximum absolute atomic E-state index is 12.5. The zero-order chi connectivity index (χ0) is 19.9. The Labute approximate surface area is 165 Å². The smallest absolute Gasteiger partial charge is 0.357 e. The number of aliphatic hydroxyl groups excluding tert-OH is 1. The molecule has 1 aromatic rings. The van der Waals surface area contributed by atoms with Crippen molar-refractivity contribution in [3.8, 4) is 0 Å². The number of aromatic nitrogens is 1. The molecular formula is C22H27NO5. The van der Waals surface area contributed by atoms with E-state index in [2.05, 4.69) is 17.1 Å². The maximum Gasteiger partial charge on any atom is 0.357 e. The van der Waals surface area contributed by atoms with Crippen LogP contribution in [0.1, 0.15) is 49.5 Å². The summed E-state index contributed by atoms with van der Waals surface area (Å²) in [5.74, 6) is -1.03. The molecule has 1 N–H and O–H groups in total. The van der Waals surface area contributed by atoms with Gasteiger partial charge in [0.15, 0.2) is 0 Å². The van der Waals surface area contributed by atoms with Gasteiger partial charge in [-0.25, -0.2) is 14.6 Å². The summed E-state index contributed by atoms with van der Waals surface area (Å²) in [6.45, 7) is 1.87. The number of hydrogen-bond donors (Lipinski definition) is 1. The Morgan fingerprint density at radius 1 is 1.29 bits per heavy atom.